The number of hydrogen-bond acceptors (Lipinski definition) is 0. The van der Waals surface area contributed by atoms with E-state index >= 15 is 0 Å². The van der Waals surface area contributed by atoms with E-state index in [0.29, 0.717) is 0 Å². The zero-order valence-electron chi connectivity index (χ0n) is 20.0. The lowest BCUT2D eigenvalue weighted by molar-refractivity contribution is 0.118. The van der Waals surface area contributed by atoms with Crippen LogP contribution < -0.4 is 0 Å². The van der Waals surface area contributed by atoms with Crippen LogP contribution in [0.5, 0.6) is 0 Å². The van der Waals surface area contributed by atoms with Crippen LogP contribution in [0.15, 0.2) is 0 Å². The minimum Gasteiger partial charge on any atom is -0.0654 e. The summed E-state index contributed by atoms with van der Waals surface area (Å²) in [5, 5.41) is 0. The van der Waals surface area contributed by atoms with Crippen molar-refractivity contribution in [1.29, 1.82) is 0 Å². The third kappa shape index (κ3) is 8.79. The van der Waals surface area contributed by atoms with Gasteiger partial charge in [-0.1, -0.05) is 111 Å². The van der Waals surface area contributed by atoms with Crippen LogP contribution in [-0.2, 0) is 0 Å². The SMILES string of the molecule is CCCCCCCC1CCC(C2CCC(C(CC)CCCCCC)CC2)CC1. The normalized spacial score (nSPS) is 29.7. The molecule has 2 saturated carbocycles. The maximum atomic E-state index is 2.46. The minimum atomic E-state index is 1.04. The molecule has 2 aliphatic rings. The quantitative estimate of drug-likeness (QED) is 0.259. The Labute approximate surface area is 179 Å². The number of rotatable bonds is 14. The molecule has 0 radical (unpaired) electrons. The first-order valence-corrected chi connectivity index (χ1v) is 13.8. The Morgan fingerprint density at radius 2 is 1.11 bits per heavy atom. The first-order valence-electron chi connectivity index (χ1n) is 13.8. The first-order chi connectivity index (χ1) is 13.8. The molecule has 0 nitrogen and oxygen atoms in total. The molecule has 0 amide bonds. The zero-order chi connectivity index (χ0) is 20.0. The highest BCUT2D eigenvalue weighted by atomic mass is 14.4. The Morgan fingerprint density at radius 3 is 1.68 bits per heavy atom. The van der Waals surface area contributed by atoms with Crippen LogP contribution in [0.3, 0.4) is 0 Å². The molecule has 0 heterocycles. The van der Waals surface area contributed by atoms with Crippen molar-refractivity contribution in [2.45, 2.75) is 149 Å². The van der Waals surface area contributed by atoms with Crippen molar-refractivity contribution in [3.8, 4) is 0 Å². The van der Waals surface area contributed by atoms with Gasteiger partial charge in [0.2, 0.25) is 0 Å². The minimum absolute atomic E-state index is 1.04. The van der Waals surface area contributed by atoms with Gasteiger partial charge < -0.3 is 0 Å². The molecule has 0 spiro atoms. The lowest BCUT2D eigenvalue weighted by Gasteiger charge is -2.40. The van der Waals surface area contributed by atoms with Crippen LogP contribution in [0.1, 0.15) is 149 Å². The van der Waals surface area contributed by atoms with Crippen LogP contribution in [-0.4, -0.2) is 0 Å². The fraction of sp³-hybridized carbons (Fsp3) is 1.00. The van der Waals surface area contributed by atoms with Gasteiger partial charge in [-0.2, -0.15) is 0 Å². The fourth-order valence-corrected chi connectivity index (χ4v) is 6.68. The average Bonchev–Trinajstić information content (AvgIpc) is 2.74. The van der Waals surface area contributed by atoms with Crippen molar-refractivity contribution in [3.05, 3.63) is 0 Å². The number of hydrogen-bond donors (Lipinski definition) is 0. The van der Waals surface area contributed by atoms with Gasteiger partial charge in [-0.25, -0.2) is 0 Å². The molecular formula is C28H54. The summed E-state index contributed by atoms with van der Waals surface area (Å²) in [5.74, 6) is 5.40. The van der Waals surface area contributed by atoms with Crippen LogP contribution in [0.25, 0.3) is 0 Å². The van der Waals surface area contributed by atoms with Gasteiger partial charge in [-0.05, 0) is 68.1 Å². The van der Waals surface area contributed by atoms with Gasteiger partial charge in [0, 0.05) is 0 Å². The summed E-state index contributed by atoms with van der Waals surface area (Å²) in [7, 11) is 0. The van der Waals surface area contributed by atoms with Crippen LogP contribution in [0, 0.1) is 29.6 Å². The maximum Gasteiger partial charge on any atom is -0.0386 e. The lowest BCUT2D eigenvalue weighted by atomic mass is 9.66. The van der Waals surface area contributed by atoms with E-state index in [1.807, 2.05) is 0 Å². The third-order valence-corrected chi connectivity index (χ3v) is 8.71. The predicted molar refractivity (Wildman–Crippen MR) is 127 cm³/mol. The first kappa shape index (κ1) is 24.3. The van der Waals surface area contributed by atoms with E-state index in [4.69, 9.17) is 0 Å². The summed E-state index contributed by atoms with van der Waals surface area (Å²) < 4.78 is 0. The monoisotopic (exact) mass is 390 g/mol. The average molecular weight is 391 g/mol. The molecule has 1 atom stereocenters. The van der Waals surface area contributed by atoms with E-state index in [1.54, 1.807) is 57.8 Å². The van der Waals surface area contributed by atoms with Gasteiger partial charge in [0.05, 0.1) is 0 Å². The smallest absolute Gasteiger partial charge is 0.0386 e. The molecule has 0 aromatic rings. The summed E-state index contributed by atoms with van der Waals surface area (Å²) in [6.07, 6.45) is 30.2. The highest BCUT2D eigenvalue weighted by Gasteiger charge is 2.32. The van der Waals surface area contributed by atoms with Gasteiger partial charge in [-0.15, -0.1) is 0 Å². The Morgan fingerprint density at radius 1 is 0.571 bits per heavy atom. The molecule has 0 aromatic carbocycles. The van der Waals surface area contributed by atoms with Gasteiger partial charge in [0.25, 0.3) is 0 Å². The van der Waals surface area contributed by atoms with E-state index in [0.717, 1.165) is 29.6 Å². The predicted octanol–water partition coefficient (Wildman–Crippen LogP) is 9.96. The zero-order valence-corrected chi connectivity index (χ0v) is 20.0. The highest BCUT2D eigenvalue weighted by molar-refractivity contribution is 4.84. The van der Waals surface area contributed by atoms with E-state index < -0.39 is 0 Å². The number of unbranched alkanes of at least 4 members (excludes halogenated alkanes) is 7. The Kier molecular flexibility index (Phi) is 12.9. The van der Waals surface area contributed by atoms with E-state index in [-0.39, 0.29) is 0 Å². The Hall–Kier alpha value is 0. The van der Waals surface area contributed by atoms with E-state index in [9.17, 15) is 0 Å². The molecule has 2 aliphatic carbocycles. The molecule has 0 aromatic heterocycles. The van der Waals surface area contributed by atoms with Crippen molar-refractivity contribution < 1.29 is 0 Å². The molecule has 0 heteroatoms. The van der Waals surface area contributed by atoms with Crippen molar-refractivity contribution >= 4 is 0 Å². The fourth-order valence-electron chi connectivity index (χ4n) is 6.68. The molecule has 2 rings (SSSR count). The molecular weight excluding hydrogens is 336 g/mol. The lowest BCUT2D eigenvalue weighted by Crippen LogP contribution is -2.28. The largest absolute Gasteiger partial charge is 0.0654 e. The summed E-state index contributed by atoms with van der Waals surface area (Å²) >= 11 is 0. The van der Waals surface area contributed by atoms with Crippen molar-refractivity contribution in [1.82, 2.24) is 0 Å². The molecule has 28 heavy (non-hydrogen) atoms. The topological polar surface area (TPSA) is 0 Å². The molecule has 166 valence electrons. The van der Waals surface area contributed by atoms with Crippen molar-refractivity contribution in [3.63, 3.8) is 0 Å². The molecule has 0 bridgehead atoms. The van der Waals surface area contributed by atoms with Gasteiger partial charge in [0.15, 0.2) is 0 Å². The second kappa shape index (κ2) is 14.9. The third-order valence-electron chi connectivity index (χ3n) is 8.71. The second-order valence-corrected chi connectivity index (χ2v) is 10.7. The van der Waals surface area contributed by atoms with Crippen molar-refractivity contribution in [2.24, 2.45) is 29.6 Å². The Bertz CT molecular complexity index is 343. The standard InChI is InChI=1S/C28H54/c1-4-7-9-11-12-14-24-16-18-27(19-17-24)28-22-20-26(21-23-28)25(6-3)15-13-10-8-5-2/h24-28H,4-23H2,1-3H3. The Balaban J connectivity index is 1.59. The van der Waals surface area contributed by atoms with Crippen LogP contribution >= 0.6 is 0 Å². The molecule has 1 unspecified atom stereocenters. The van der Waals surface area contributed by atoms with Crippen LogP contribution in [0.4, 0.5) is 0 Å². The summed E-state index contributed by atoms with van der Waals surface area (Å²) in [6.45, 7) is 7.12. The van der Waals surface area contributed by atoms with E-state index in [1.165, 1.54) is 70.6 Å². The molecule has 0 aliphatic heterocycles. The summed E-state index contributed by atoms with van der Waals surface area (Å²) in [6, 6.07) is 0. The van der Waals surface area contributed by atoms with E-state index in [2.05, 4.69) is 20.8 Å². The van der Waals surface area contributed by atoms with Crippen molar-refractivity contribution in [2.75, 3.05) is 0 Å². The molecule has 0 saturated heterocycles. The maximum absolute atomic E-state index is 2.46. The molecule has 2 fully saturated rings. The van der Waals surface area contributed by atoms with Gasteiger partial charge in [0.1, 0.15) is 0 Å². The highest BCUT2D eigenvalue weighted by Crippen LogP contribution is 2.44. The van der Waals surface area contributed by atoms with Crippen LogP contribution in [0.2, 0.25) is 0 Å². The van der Waals surface area contributed by atoms with Gasteiger partial charge >= 0.3 is 0 Å². The summed E-state index contributed by atoms with van der Waals surface area (Å²) in [4.78, 5) is 0. The second-order valence-electron chi connectivity index (χ2n) is 10.7. The van der Waals surface area contributed by atoms with Gasteiger partial charge in [-0.3, -0.25) is 0 Å². The molecule has 0 N–H and O–H groups in total. The summed E-state index contributed by atoms with van der Waals surface area (Å²) in [5.41, 5.74) is 0.